The highest BCUT2D eigenvalue weighted by Gasteiger charge is 2.10. The van der Waals surface area contributed by atoms with Crippen molar-refractivity contribution in [3.8, 4) is 5.75 Å². The van der Waals surface area contributed by atoms with Gasteiger partial charge in [-0.3, -0.25) is 0 Å². The van der Waals surface area contributed by atoms with E-state index in [0.29, 0.717) is 18.7 Å². The maximum atomic E-state index is 12.0. The van der Waals surface area contributed by atoms with Crippen molar-refractivity contribution in [2.24, 2.45) is 0 Å². The SMILES string of the molecule is Cc1cc2ncc(CCCNS(=O)(=O)CCOc3ccccc3)cn2n1. The number of ether oxygens (including phenoxy) is 1. The van der Waals surface area contributed by atoms with Crippen molar-refractivity contribution in [1.82, 2.24) is 19.3 Å². The van der Waals surface area contributed by atoms with Crippen molar-refractivity contribution in [3.05, 3.63) is 60.0 Å². The van der Waals surface area contributed by atoms with E-state index in [1.807, 2.05) is 37.4 Å². The molecule has 0 aliphatic carbocycles. The Kier molecular flexibility index (Phi) is 5.85. The van der Waals surface area contributed by atoms with Crippen LogP contribution in [-0.4, -0.2) is 41.9 Å². The predicted molar refractivity (Wildman–Crippen MR) is 99.8 cm³/mol. The van der Waals surface area contributed by atoms with E-state index in [-0.39, 0.29) is 12.4 Å². The fraction of sp³-hybridized carbons (Fsp3) is 0.333. The molecule has 0 saturated heterocycles. The minimum Gasteiger partial charge on any atom is -0.492 e. The van der Waals surface area contributed by atoms with Crippen molar-refractivity contribution in [2.45, 2.75) is 19.8 Å². The molecule has 3 aromatic rings. The summed E-state index contributed by atoms with van der Waals surface area (Å²) in [5.74, 6) is 0.599. The van der Waals surface area contributed by atoms with E-state index in [1.54, 1.807) is 22.8 Å². The first kappa shape index (κ1) is 18.3. The number of nitrogens with zero attached hydrogens (tertiary/aromatic N) is 3. The lowest BCUT2D eigenvalue weighted by Gasteiger charge is -2.08. The summed E-state index contributed by atoms with van der Waals surface area (Å²) in [6, 6.07) is 11.1. The van der Waals surface area contributed by atoms with Gasteiger partial charge in [0.15, 0.2) is 5.65 Å². The van der Waals surface area contributed by atoms with Crippen LogP contribution in [0.5, 0.6) is 5.75 Å². The Hall–Kier alpha value is -2.45. The molecule has 2 heterocycles. The second-order valence-electron chi connectivity index (χ2n) is 6.03. The highest BCUT2D eigenvalue weighted by atomic mass is 32.2. The second-order valence-corrected chi connectivity index (χ2v) is 7.96. The Balaban J connectivity index is 1.40. The molecule has 0 bridgehead atoms. The van der Waals surface area contributed by atoms with Crippen molar-refractivity contribution in [2.75, 3.05) is 18.9 Å². The molecule has 2 aromatic heterocycles. The first-order valence-electron chi connectivity index (χ1n) is 8.48. The molecule has 0 radical (unpaired) electrons. The number of hydrogen-bond acceptors (Lipinski definition) is 5. The molecule has 0 aliphatic rings. The minimum absolute atomic E-state index is 0.0675. The summed E-state index contributed by atoms with van der Waals surface area (Å²) in [7, 11) is -3.35. The van der Waals surface area contributed by atoms with Crippen molar-refractivity contribution in [1.29, 1.82) is 0 Å². The molecule has 1 aromatic carbocycles. The number of nitrogens with one attached hydrogen (secondary N) is 1. The third-order valence-electron chi connectivity index (χ3n) is 3.82. The highest BCUT2D eigenvalue weighted by molar-refractivity contribution is 7.89. The number of para-hydroxylation sites is 1. The zero-order valence-electron chi connectivity index (χ0n) is 14.6. The van der Waals surface area contributed by atoms with Crippen molar-refractivity contribution >= 4 is 15.7 Å². The van der Waals surface area contributed by atoms with E-state index in [9.17, 15) is 8.42 Å². The van der Waals surface area contributed by atoms with Crippen LogP contribution in [0.2, 0.25) is 0 Å². The highest BCUT2D eigenvalue weighted by Crippen LogP contribution is 2.08. The van der Waals surface area contributed by atoms with Gasteiger partial charge in [-0.25, -0.2) is 22.6 Å². The van der Waals surface area contributed by atoms with Crippen LogP contribution in [0, 0.1) is 6.92 Å². The molecular formula is C18H22N4O3S. The fourth-order valence-electron chi connectivity index (χ4n) is 2.54. The normalized spacial score (nSPS) is 11.7. The van der Waals surface area contributed by atoms with Crippen LogP contribution in [0.3, 0.4) is 0 Å². The molecule has 8 heteroatoms. The molecule has 138 valence electrons. The average molecular weight is 374 g/mol. The maximum absolute atomic E-state index is 12.0. The van der Waals surface area contributed by atoms with E-state index in [1.165, 1.54) is 0 Å². The molecule has 0 aliphatic heterocycles. The van der Waals surface area contributed by atoms with Crippen LogP contribution in [0.25, 0.3) is 5.65 Å². The van der Waals surface area contributed by atoms with Crippen LogP contribution in [-0.2, 0) is 16.4 Å². The second kappa shape index (κ2) is 8.29. The third kappa shape index (κ3) is 5.27. The smallest absolute Gasteiger partial charge is 0.214 e. The van der Waals surface area contributed by atoms with Gasteiger partial charge in [0.25, 0.3) is 0 Å². The molecule has 0 atom stereocenters. The van der Waals surface area contributed by atoms with E-state index in [2.05, 4.69) is 14.8 Å². The summed E-state index contributed by atoms with van der Waals surface area (Å²) in [6.07, 6.45) is 5.15. The monoisotopic (exact) mass is 374 g/mol. The largest absolute Gasteiger partial charge is 0.492 e. The maximum Gasteiger partial charge on any atom is 0.214 e. The van der Waals surface area contributed by atoms with Gasteiger partial charge >= 0.3 is 0 Å². The molecule has 0 unspecified atom stereocenters. The summed E-state index contributed by atoms with van der Waals surface area (Å²) < 4.78 is 33.8. The van der Waals surface area contributed by atoms with Gasteiger partial charge in [0, 0.05) is 25.0 Å². The Morgan fingerprint density at radius 3 is 2.85 bits per heavy atom. The quantitative estimate of drug-likeness (QED) is 0.579. The van der Waals surface area contributed by atoms with Gasteiger partial charge in [-0.15, -0.1) is 0 Å². The standard InChI is InChI=1S/C18H22N4O3S/c1-15-12-18-19-13-16(14-22(18)21-15)6-5-9-20-26(23,24)11-10-25-17-7-3-2-4-8-17/h2-4,7-8,12-14,20H,5-6,9-11H2,1H3. The Bertz CT molecular complexity index is 955. The molecule has 0 amide bonds. The molecule has 1 N–H and O–H groups in total. The molecule has 26 heavy (non-hydrogen) atoms. The van der Waals surface area contributed by atoms with Gasteiger partial charge in [0.2, 0.25) is 10.0 Å². The molecule has 7 nitrogen and oxygen atoms in total. The number of aryl methyl sites for hydroxylation is 2. The van der Waals surface area contributed by atoms with E-state index < -0.39 is 10.0 Å². The molecule has 0 saturated carbocycles. The summed E-state index contributed by atoms with van der Waals surface area (Å²) >= 11 is 0. The first-order chi connectivity index (χ1) is 12.5. The third-order valence-corrected chi connectivity index (χ3v) is 5.17. The molecule has 0 spiro atoms. The summed E-state index contributed by atoms with van der Waals surface area (Å²) in [4.78, 5) is 4.34. The molecular weight excluding hydrogens is 352 g/mol. The van der Waals surface area contributed by atoms with Gasteiger partial charge in [-0.05, 0) is 37.5 Å². The van der Waals surface area contributed by atoms with Crippen LogP contribution in [0.1, 0.15) is 17.7 Å². The Morgan fingerprint density at radius 1 is 1.23 bits per heavy atom. The number of hydrogen-bond donors (Lipinski definition) is 1. The predicted octanol–water partition coefficient (Wildman–Crippen LogP) is 1.97. The van der Waals surface area contributed by atoms with E-state index in [4.69, 9.17) is 4.74 Å². The summed E-state index contributed by atoms with van der Waals surface area (Å²) in [5, 5.41) is 4.33. The Morgan fingerprint density at radius 2 is 2.04 bits per heavy atom. The lowest BCUT2D eigenvalue weighted by atomic mass is 10.2. The lowest BCUT2D eigenvalue weighted by molar-refractivity contribution is 0.340. The summed E-state index contributed by atoms with van der Waals surface area (Å²) in [5.41, 5.74) is 2.75. The summed E-state index contributed by atoms with van der Waals surface area (Å²) in [6.45, 7) is 2.42. The zero-order chi connectivity index (χ0) is 18.4. The number of aromatic nitrogens is 3. The van der Waals surface area contributed by atoms with E-state index in [0.717, 1.165) is 23.3 Å². The van der Waals surface area contributed by atoms with Crippen LogP contribution < -0.4 is 9.46 Å². The van der Waals surface area contributed by atoms with Gasteiger partial charge in [0.05, 0.1) is 11.4 Å². The van der Waals surface area contributed by atoms with Gasteiger partial charge < -0.3 is 4.74 Å². The van der Waals surface area contributed by atoms with Gasteiger partial charge in [-0.2, -0.15) is 5.10 Å². The number of rotatable bonds is 9. The van der Waals surface area contributed by atoms with Crippen molar-refractivity contribution in [3.63, 3.8) is 0 Å². The number of fused-ring (bicyclic) bond motifs is 1. The van der Waals surface area contributed by atoms with Gasteiger partial charge in [-0.1, -0.05) is 18.2 Å². The van der Waals surface area contributed by atoms with E-state index >= 15 is 0 Å². The zero-order valence-corrected chi connectivity index (χ0v) is 15.4. The number of sulfonamides is 1. The minimum atomic E-state index is -3.35. The number of benzene rings is 1. The van der Waals surface area contributed by atoms with Gasteiger partial charge in [0.1, 0.15) is 12.4 Å². The van der Waals surface area contributed by atoms with Crippen LogP contribution in [0.4, 0.5) is 0 Å². The molecule has 0 fully saturated rings. The fourth-order valence-corrected chi connectivity index (χ4v) is 3.44. The average Bonchev–Trinajstić information content (AvgIpc) is 2.99. The topological polar surface area (TPSA) is 85.6 Å². The lowest BCUT2D eigenvalue weighted by Crippen LogP contribution is -2.30. The first-order valence-corrected chi connectivity index (χ1v) is 10.1. The van der Waals surface area contributed by atoms with Crippen LogP contribution >= 0.6 is 0 Å². The van der Waals surface area contributed by atoms with Crippen LogP contribution in [0.15, 0.2) is 48.8 Å². The van der Waals surface area contributed by atoms with Crippen molar-refractivity contribution < 1.29 is 13.2 Å². The molecule has 3 rings (SSSR count). The Labute approximate surface area is 153 Å².